The van der Waals surface area contributed by atoms with Crippen LogP contribution in [0.3, 0.4) is 0 Å². The first-order chi connectivity index (χ1) is 9.10. The summed E-state index contributed by atoms with van der Waals surface area (Å²) in [6.45, 7) is 3.74. The van der Waals surface area contributed by atoms with Gasteiger partial charge in [-0.15, -0.1) is 0 Å². The van der Waals surface area contributed by atoms with Crippen molar-refractivity contribution in [1.29, 1.82) is 0 Å². The van der Waals surface area contributed by atoms with Gasteiger partial charge in [0, 0.05) is 7.11 Å². The number of H-pyrrole nitrogens is 1. The zero-order valence-corrected chi connectivity index (χ0v) is 10.8. The number of pyridine rings is 1. The van der Waals surface area contributed by atoms with E-state index in [0.717, 1.165) is 11.0 Å². The van der Waals surface area contributed by atoms with Gasteiger partial charge >= 0.3 is 0 Å². The maximum Gasteiger partial charge on any atom is 0.276 e. The zero-order chi connectivity index (χ0) is 13.5. The van der Waals surface area contributed by atoms with Crippen molar-refractivity contribution in [3.8, 4) is 11.6 Å². The third kappa shape index (κ3) is 1.97. The number of aromatic nitrogens is 5. The highest BCUT2D eigenvalue weighted by molar-refractivity contribution is 5.75. The van der Waals surface area contributed by atoms with Crippen molar-refractivity contribution in [3.63, 3.8) is 0 Å². The van der Waals surface area contributed by atoms with Crippen LogP contribution in [0.4, 0.5) is 0 Å². The summed E-state index contributed by atoms with van der Waals surface area (Å²) in [6.07, 6.45) is 1.65. The molecule has 1 N–H and O–H groups in total. The number of ether oxygens (including phenoxy) is 1. The van der Waals surface area contributed by atoms with Gasteiger partial charge in [0.1, 0.15) is 16.8 Å². The van der Waals surface area contributed by atoms with Crippen LogP contribution in [0, 0.1) is 0 Å². The van der Waals surface area contributed by atoms with Gasteiger partial charge < -0.3 is 9.26 Å². The maximum atomic E-state index is 5.31. The van der Waals surface area contributed by atoms with E-state index >= 15 is 0 Å². The molecule has 98 valence electrons. The van der Waals surface area contributed by atoms with E-state index in [-0.39, 0.29) is 0 Å². The molecule has 7 nitrogen and oxygen atoms in total. The molecule has 19 heavy (non-hydrogen) atoms. The van der Waals surface area contributed by atoms with E-state index in [4.69, 9.17) is 9.26 Å². The monoisotopic (exact) mass is 259 g/mol. The second-order valence-electron chi connectivity index (χ2n) is 4.64. The number of rotatable bonds is 3. The van der Waals surface area contributed by atoms with Crippen LogP contribution in [0.15, 0.2) is 22.9 Å². The second-order valence-corrected chi connectivity index (χ2v) is 4.64. The lowest BCUT2D eigenvalue weighted by Crippen LogP contribution is -2.21. The Labute approximate surface area is 109 Å². The molecule has 0 unspecified atom stereocenters. The fourth-order valence-corrected chi connectivity index (χ4v) is 1.61. The summed E-state index contributed by atoms with van der Waals surface area (Å²) in [5, 5.41) is 10.7. The lowest BCUT2D eigenvalue weighted by atomic mass is 10.1. The molecule has 0 aliphatic carbocycles. The van der Waals surface area contributed by atoms with E-state index in [9.17, 15) is 0 Å². The summed E-state index contributed by atoms with van der Waals surface area (Å²) in [5.74, 6) is 0.849. The molecule has 0 radical (unpaired) electrons. The van der Waals surface area contributed by atoms with Crippen LogP contribution >= 0.6 is 0 Å². The Hall–Kier alpha value is -2.28. The van der Waals surface area contributed by atoms with Crippen molar-refractivity contribution in [2.45, 2.75) is 19.4 Å². The van der Waals surface area contributed by atoms with Crippen molar-refractivity contribution < 1.29 is 9.26 Å². The van der Waals surface area contributed by atoms with E-state index in [2.05, 4.69) is 25.3 Å². The molecule has 0 bridgehead atoms. The molecule has 0 spiro atoms. The van der Waals surface area contributed by atoms with Gasteiger partial charge in [-0.2, -0.15) is 10.1 Å². The Morgan fingerprint density at radius 3 is 2.89 bits per heavy atom. The standard InChI is InChI=1S/C12H13N5O2/c1-12(2,18-3)11-15-10(19-17-11)8-5-4-7-9(14-8)6-13-16-7/h4-6H,1-3H3,(H,13,16). The number of aromatic amines is 1. The Kier molecular flexibility index (Phi) is 2.56. The lowest BCUT2D eigenvalue weighted by Gasteiger charge is -2.17. The lowest BCUT2D eigenvalue weighted by molar-refractivity contribution is 0.00973. The number of fused-ring (bicyclic) bond motifs is 1. The van der Waals surface area contributed by atoms with Crippen LogP contribution < -0.4 is 0 Å². The van der Waals surface area contributed by atoms with Crippen LogP contribution in [0.5, 0.6) is 0 Å². The molecule has 3 rings (SSSR count). The molecule has 7 heteroatoms. The largest absolute Gasteiger partial charge is 0.371 e. The van der Waals surface area contributed by atoms with Crippen molar-refractivity contribution in [1.82, 2.24) is 25.3 Å². The molecule has 3 aromatic heterocycles. The Morgan fingerprint density at radius 2 is 2.11 bits per heavy atom. The van der Waals surface area contributed by atoms with Crippen molar-refractivity contribution in [2.75, 3.05) is 7.11 Å². The quantitative estimate of drug-likeness (QED) is 0.772. The topological polar surface area (TPSA) is 89.7 Å². The first-order valence-corrected chi connectivity index (χ1v) is 5.80. The van der Waals surface area contributed by atoms with Crippen LogP contribution in [-0.4, -0.2) is 32.4 Å². The van der Waals surface area contributed by atoms with Crippen LogP contribution in [-0.2, 0) is 10.3 Å². The molecular formula is C12H13N5O2. The summed E-state index contributed by atoms with van der Waals surface area (Å²) in [6, 6.07) is 3.67. The highest BCUT2D eigenvalue weighted by atomic mass is 16.5. The number of methoxy groups -OCH3 is 1. The SMILES string of the molecule is COC(C)(C)c1noc(-c2ccc3[nH]ncc3n2)n1. The minimum atomic E-state index is -0.596. The molecular weight excluding hydrogens is 246 g/mol. The highest BCUT2D eigenvalue weighted by Gasteiger charge is 2.26. The summed E-state index contributed by atoms with van der Waals surface area (Å²) < 4.78 is 10.5. The van der Waals surface area contributed by atoms with Gasteiger partial charge in [-0.1, -0.05) is 5.16 Å². The van der Waals surface area contributed by atoms with Crippen LogP contribution in [0.2, 0.25) is 0 Å². The molecule has 3 heterocycles. The molecule has 0 aromatic carbocycles. The van der Waals surface area contributed by atoms with Crippen LogP contribution in [0.1, 0.15) is 19.7 Å². The molecule has 0 amide bonds. The fourth-order valence-electron chi connectivity index (χ4n) is 1.61. The van der Waals surface area contributed by atoms with Gasteiger partial charge in [0.2, 0.25) is 5.82 Å². The minimum absolute atomic E-state index is 0.364. The highest BCUT2D eigenvalue weighted by Crippen LogP contribution is 2.24. The molecule has 0 atom stereocenters. The predicted octanol–water partition coefficient (Wildman–Crippen LogP) is 1.89. The third-order valence-corrected chi connectivity index (χ3v) is 2.99. The summed E-state index contributed by atoms with van der Waals surface area (Å²) >= 11 is 0. The van der Waals surface area contributed by atoms with Gasteiger partial charge in [0.05, 0.1) is 11.7 Å². The number of hydrogen-bond acceptors (Lipinski definition) is 6. The molecule has 3 aromatic rings. The average molecular weight is 259 g/mol. The first-order valence-electron chi connectivity index (χ1n) is 5.80. The Bertz CT molecular complexity index is 716. The molecule has 0 saturated heterocycles. The molecule has 0 aliphatic rings. The number of nitrogens with one attached hydrogen (secondary N) is 1. The smallest absolute Gasteiger partial charge is 0.276 e. The van der Waals surface area contributed by atoms with Crippen molar-refractivity contribution in [3.05, 3.63) is 24.2 Å². The first kappa shape index (κ1) is 11.8. The van der Waals surface area contributed by atoms with Gasteiger partial charge in [-0.25, -0.2) is 4.98 Å². The van der Waals surface area contributed by atoms with E-state index in [1.807, 2.05) is 19.9 Å². The average Bonchev–Trinajstić information content (AvgIpc) is 3.06. The summed E-state index contributed by atoms with van der Waals surface area (Å²) in [7, 11) is 1.60. The van der Waals surface area contributed by atoms with E-state index in [1.54, 1.807) is 19.4 Å². The van der Waals surface area contributed by atoms with Crippen molar-refractivity contribution >= 4 is 11.0 Å². The van der Waals surface area contributed by atoms with Gasteiger partial charge in [0.25, 0.3) is 5.89 Å². The fraction of sp³-hybridized carbons (Fsp3) is 0.333. The second kappa shape index (κ2) is 4.13. The molecule has 0 aliphatic heterocycles. The van der Waals surface area contributed by atoms with E-state index in [1.165, 1.54) is 0 Å². The Balaban J connectivity index is 2.02. The Morgan fingerprint density at radius 1 is 1.26 bits per heavy atom. The van der Waals surface area contributed by atoms with Gasteiger partial charge in [-0.05, 0) is 26.0 Å². The number of nitrogens with zero attached hydrogens (tertiary/aromatic N) is 4. The zero-order valence-electron chi connectivity index (χ0n) is 10.8. The van der Waals surface area contributed by atoms with Gasteiger partial charge in [0.15, 0.2) is 0 Å². The normalized spacial score (nSPS) is 12.2. The third-order valence-electron chi connectivity index (χ3n) is 2.99. The molecule has 0 fully saturated rings. The minimum Gasteiger partial charge on any atom is -0.371 e. The predicted molar refractivity (Wildman–Crippen MR) is 67.2 cm³/mol. The summed E-state index contributed by atoms with van der Waals surface area (Å²) in [5.41, 5.74) is 1.63. The van der Waals surface area contributed by atoms with E-state index < -0.39 is 5.60 Å². The number of hydrogen-bond donors (Lipinski definition) is 1. The summed E-state index contributed by atoms with van der Waals surface area (Å²) in [4.78, 5) is 8.71. The van der Waals surface area contributed by atoms with E-state index in [0.29, 0.717) is 17.4 Å². The molecule has 0 saturated carbocycles. The maximum absolute atomic E-state index is 5.31. The van der Waals surface area contributed by atoms with Crippen molar-refractivity contribution in [2.24, 2.45) is 0 Å². The van der Waals surface area contributed by atoms with Crippen LogP contribution in [0.25, 0.3) is 22.6 Å². The van der Waals surface area contributed by atoms with Gasteiger partial charge in [-0.3, -0.25) is 5.10 Å².